The minimum Gasteiger partial charge on any atom is -0.342 e. The summed E-state index contributed by atoms with van der Waals surface area (Å²) in [6.45, 7) is 10.7. The molecule has 0 aromatic heterocycles. The molecule has 96 valence electrons. The van der Waals surface area contributed by atoms with Gasteiger partial charge in [-0.2, -0.15) is 0 Å². The van der Waals surface area contributed by atoms with Crippen LogP contribution in [-0.2, 0) is 4.79 Å². The molecule has 0 radical (unpaired) electrons. The van der Waals surface area contributed by atoms with Crippen LogP contribution in [0.25, 0.3) is 0 Å². The highest BCUT2D eigenvalue weighted by atomic mass is 16.2. The molecule has 2 N–H and O–H groups in total. The summed E-state index contributed by atoms with van der Waals surface area (Å²) in [5, 5.41) is 0. The molecule has 0 saturated heterocycles. The van der Waals surface area contributed by atoms with Gasteiger partial charge in [-0.3, -0.25) is 4.79 Å². The van der Waals surface area contributed by atoms with Crippen molar-refractivity contribution in [1.29, 1.82) is 0 Å². The van der Waals surface area contributed by atoms with Gasteiger partial charge in [-0.25, -0.2) is 0 Å². The van der Waals surface area contributed by atoms with Crippen LogP contribution in [0, 0.1) is 11.8 Å². The number of carbonyl (C=O) groups excluding carboxylic acids is 1. The second-order valence-corrected chi connectivity index (χ2v) is 4.54. The van der Waals surface area contributed by atoms with Crippen LogP contribution in [0.3, 0.4) is 0 Å². The SMILES string of the molecule is CCC(CC)CN(CC)C(=O)C(C)CCN. The van der Waals surface area contributed by atoms with E-state index in [4.69, 9.17) is 5.73 Å². The third kappa shape index (κ3) is 4.97. The van der Waals surface area contributed by atoms with Crippen molar-refractivity contribution in [2.24, 2.45) is 17.6 Å². The van der Waals surface area contributed by atoms with Gasteiger partial charge < -0.3 is 10.6 Å². The lowest BCUT2D eigenvalue weighted by Crippen LogP contribution is -2.38. The van der Waals surface area contributed by atoms with Gasteiger partial charge >= 0.3 is 0 Å². The van der Waals surface area contributed by atoms with Crippen molar-refractivity contribution in [2.75, 3.05) is 19.6 Å². The molecule has 0 saturated carbocycles. The molecule has 0 bridgehead atoms. The number of hydrogen-bond donors (Lipinski definition) is 1. The van der Waals surface area contributed by atoms with E-state index in [1.54, 1.807) is 0 Å². The molecule has 0 aromatic rings. The number of carbonyl (C=O) groups is 1. The van der Waals surface area contributed by atoms with Crippen molar-refractivity contribution < 1.29 is 4.79 Å². The highest BCUT2D eigenvalue weighted by molar-refractivity contribution is 5.78. The Morgan fingerprint density at radius 1 is 1.25 bits per heavy atom. The maximum absolute atomic E-state index is 12.1. The van der Waals surface area contributed by atoms with E-state index in [1.165, 1.54) is 0 Å². The van der Waals surface area contributed by atoms with Gasteiger partial charge in [0.25, 0.3) is 0 Å². The normalized spacial score (nSPS) is 12.9. The molecule has 0 aliphatic carbocycles. The monoisotopic (exact) mass is 228 g/mol. The Bertz CT molecular complexity index is 190. The first-order chi connectivity index (χ1) is 7.60. The van der Waals surface area contributed by atoms with Crippen LogP contribution in [0.1, 0.15) is 47.0 Å². The molecule has 1 unspecified atom stereocenters. The molecule has 3 heteroatoms. The van der Waals surface area contributed by atoms with E-state index in [9.17, 15) is 4.79 Å². The summed E-state index contributed by atoms with van der Waals surface area (Å²) in [5.41, 5.74) is 5.49. The fourth-order valence-electron chi connectivity index (χ4n) is 1.92. The summed E-state index contributed by atoms with van der Waals surface area (Å²) >= 11 is 0. The largest absolute Gasteiger partial charge is 0.342 e. The number of amides is 1. The molecule has 0 rings (SSSR count). The fourth-order valence-corrected chi connectivity index (χ4v) is 1.92. The summed E-state index contributed by atoms with van der Waals surface area (Å²) in [6, 6.07) is 0. The van der Waals surface area contributed by atoms with Crippen LogP contribution in [0.5, 0.6) is 0 Å². The molecule has 0 heterocycles. The predicted octanol–water partition coefficient (Wildman–Crippen LogP) is 2.26. The first kappa shape index (κ1) is 15.4. The second kappa shape index (κ2) is 8.57. The molecule has 0 fully saturated rings. The summed E-state index contributed by atoms with van der Waals surface area (Å²) in [5.74, 6) is 0.966. The van der Waals surface area contributed by atoms with Crippen LogP contribution in [0.4, 0.5) is 0 Å². The Kier molecular flexibility index (Phi) is 8.26. The third-order valence-corrected chi connectivity index (χ3v) is 3.35. The van der Waals surface area contributed by atoms with Gasteiger partial charge in [0.05, 0.1) is 0 Å². The smallest absolute Gasteiger partial charge is 0.225 e. The Hall–Kier alpha value is -0.570. The topological polar surface area (TPSA) is 46.3 Å². The van der Waals surface area contributed by atoms with Crippen LogP contribution in [0.15, 0.2) is 0 Å². The zero-order valence-electron chi connectivity index (χ0n) is 11.3. The van der Waals surface area contributed by atoms with Gasteiger partial charge in [-0.05, 0) is 25.8 Å². The average Bonchev–Trinajstić information content (AvgIpc) is 2.30. The predicted molar refractivity (Wildman–Crippen MR) is 69.2 cm³/mol. The summed E-state index contributed by atoms with van der Waals surface area (Å²) < 4.78 is 0. The Morgan fingerprint density at radius 2 is 1.81 bits per heavy atom. The fraction of sp³-hybridized carbons (Fsp3) is 0.923. The van der Waals surface area contributed by atoms with Crippen molar-refractivity contribution in [3.05, 3.63) is 0 Å². The first-order valence-electron chi connectivity index (χ1n) is 6.59. The van der Waals surface area contributed by atoms with Gasteiger partial charge in [0, 0.05) is 19.0 Å². The lowest BCUT2D eigenvalue weighted by molar-refractivity contribution is -0.135. The summed E-state index contributed by atoms with van der Waals surface area (Å²) in [6.07, 6.45) is 3.08. The van der Waals surface area contributed by atoms with E-state index in [2.05, 4.69) is 20.8 Å². The standard InChI is InChI=1S/C13H28N2O/c1-5-12(6-2)10-15(7-3)13(16)11(4)8-9-14/h11-12H,5-10,14H2,1-4H3. The van der Waals surface area contributed by atoms with Gasteiger partial charge in [0.2, 0.25) is 5.91 Å². The minimum absolute atomic E-state index is 0.0688. The number of nitrogens with two attached hydrogens (primary N) is 1. The summed E-state index contributed by atoms with van der Waals surface area (Å²) in [7, 11) is 0. The quantitative estimate of drug-likeness (QED) is 0.692. The van der Waals surface area contributed by atoms with Crippen molar-refractivity contribution in [2.45, 2.75) is 47.0 Å². The molecule has 0 spiro atoms. The van der Waals surface area contributed by atoms with Crippen LogP contribution < -0.4 is 5.73 Å². The van der Waals surface area contributed by atoms with E-state index in [-0.39, 0.29) is 11.8 Å². The maximum Gasteiger partial charge on any atom is 0.225 e. The molecular formula is C13H28N2O. The van der Waals surface area contributed by atoms with Crippen molar-refractivity contribution in [3.8, 4) is 0 Å². The van der Waals surface area contributed by atoms with Gasteiger partial charge in [-0.15, -0.1) is 0 Å². The molecular weight excluding hydrogens is 200 g/mol. The van der Waals surface area contributed by atoms with Crippen molar-refractivity contribution >= 4 is 5.91 Å². The number of nitrogens with zero attached hydrogens (tertiary/aromatic N) is 1. The highest BCUT2D eigenvalue weighted by Crippen LogP contribution is 2.13. The zero-order valence-corrected chi connectivity index (χ0v) is 11.3. The molecule has 0 aliphatic heterocycles. The van der Waals surface area contributed by atoms with E-state index in [0.29, 0.717) is 12.5 Å². The lowest BCUT2D eigenvalue weighted by Gasteiger charge is -2.28. The zero-order chi connectivity index (χ0) is 12.6. The van der Waals surface area contributed by atoms with E-state index >= 15 is 0 Å². The third-order valence-electron chi connectivity index (χ3n) is 3.35. The van der Waals surface area contributed by atoms with E-state index < -0.39 is 0 Å². The molecule has 16 heavy (non-hydrogen) atoms. The lowest BCUT2D eigenvalue weighted by atomic mass is 10.0. The maximum atomic E-state index is 12.1. The molecule has 3 nitrogen and oxygen atoms in total. The first-order valence-corrected chi connectivity index (χ1v) is 6.59. The average molecular weight is 228 g/mol. The van der Waals surface area contributed by atoms with Crippen LogP contribution in [0.2, 0.25) is 0 Å². The summed E-state index contributed by atoms with van der Waals surface area (Å²) in [4.78, 5) is 14.1. The molecule has 0 aliphatic rings. The Labute approximate surface area is 100 Å². The highest BCUT2D eigenvalue weighted by Gasteiger charge is 2.20. The van der Waals surface area contributed by atoms with E-state index in [1.807, 2.05) is 11.8 Å². The second-order valence-electron chi connectivity index (χ2n) is 4.54. The number of hydrogen-bond acceptors (Lipinski definition) is 2. The Morgan fingerprint density at radius 3 is 2.19 bits per heavy atom. The Balaban J connectivity index is 4.30. The van der Waals surface area contributed by atoms with Crippen molar-refractivity contribution in [1.82, 2.24) is 4.90 Å². The van der Waals surface area contributed by atoms with Gasteiger partial charge in [-0.1, -0.05) is 33.6 Å². The molecule has 1 atom stereocenters. The van der Waals surface area contributed by atoms with Crippen LogP contribution in [-0.4, -0.2) is 30.4 Å². The van der Waals surface area contributed by atoms with E-state index in [0.717, 1.165) is 32.4 Å². The molecule has 1 amide bonds. The van der Waals surface area contributed by atoms with Crippen molar-refractivity contribution in [3.63, 3.8) is 0 Å². The van der Waals surface area contributed by atoms with Gasteiger partial charge in [0.15, 0.2) is 0 Å². The molecule has 0 aromatic carbocycles. The minimum atomic E-state index is 0.0688. The van der Waals surface area contributed by atoms with Crippen LogP contribution >= 0.6 is 0 Å². The van der Waals surface area contributed by atoms with Gasteiger partial charge in [0.1, 0.15) is 0 Å². The number of rotatable bonds is 8.